The van der Waals surface area contributed by atoms with Crippen LogP contribution in [0.25, 0.3) is 0 Å². The number of nitrogens with one attached hydrogen (secondary N) is 1. The van der Waals surface area contributed by atoms with E-state index in [-0.39, 0.29) is 23.1 Å². The Morgan fingerprint density at radius 3 is 2.50 bits per heavy atom. The molecule has 0 unspecified atom stereocenters. The van der Waals surface area contributed by atoms with Crippen molar-refractivity contribution in [1.29, 1.82) is 0 Å². The van der Waals surface area contributed by atoms with E-state index in [0.29, 0.717) is 10.6 Å². The van der Waals surface area contributed by atoms with E-state index in [1.54, 1.807) is 43.3 Å². The van der Waals surface area contributed by atoms with Crippen LogP contribution in [0.2, 0.25) is 10.0 Å². The Morgan fingerprint density at radius 2 is 1.77 bits per heavy atom. The Kier molecular flexibility index (Phi) is 7.27. The number of esters is 1. The van der Waals surface area contributed by atoms with Gasteiger partial charge in [0.15, 0.2) is 6.23 Å². The fraction of sp³-hybridized carbons (Fsp3) is 0.136. The van der Waals surface area contributed by atoms with Crippen molar-refractivity contribution >= 4 is 35.1 Å². The number of nitrogens with zero attached hydrogens (tertiary/aromatic N) is 1. The zero-order valence-corrected chi connectivity index (χ0v) is 17.5. The van der Waals surface area contributed by atoms with Gasteiger partial charge in [-0.05, 0) is 31.2 Å². The summed E-state index contributed by atoms with van der Waals surface area (Å²) < 4.78 is 11.0. The first-order valence-electron chi connectivity index (χ1n) is 9.02. The number of benzene rings is 2. The van der Waals surface area contributed by atoms with Crippen LogP contribution in [0.4, 0.5) is 0 Å². The van der Waals surface area contributed by atoms with Crippen LogP contribution in [0.5, 0.6) is 5.88 Å². The Balaban J connectivity index is 1.68. The smallest absolute Gasteiger partial charge is 0.340 e. The van der Waals surface area contributed by atoms with Gasteiger partial charge >= 0.3 is 5.97 Å². The van der Waals surface area contributed by atoms with E-state index in [0.717, 1.165) is 5.56 Å². The lowest BCUT2D eigenvalue weighted by Crippen LogP contribution is -2.36. The molecule has 30 heavy (non-hydrogen) atoms. The van der Waals surface area contributed by atoms with Crippen molar-refractivity contribution in [2.45, 2.75) is 19.8 Å². The van der Waals surface area contributed by atoms with Crippen LogP contribution >= 0.6 is 23.2 Å². The third kappa shape index (κ3) is 5.72. The van der Waals surface area contributed by atoms with Crippen LogP contribution in [0.15, 0.2) is 66.9 Å². The summed E-state index contributed by atoms with van der Waals surface area (Å²) in [6.45, 7) is 1.66. The van der Waals surface area contributed by atoms with Gasteiger partial charge in [0, 0.05) is 16.8 Å². The molecule has 0 radical (unpaired) electrons. The zero-order valence-electron chi connectivity index (χ0n) is 16.0. The minimum absolute atomic E-state index is 0.0819. The Hall–Kier alpha value is -3.09. The molecular weight excluding hydrogens is 427 g/mol. The van der Waals surface area contributed by atoms with E-state index in [9.17, 15) is 9.59 Å². The van der Waals surface area contributed by atoms with Crippen LogP contribution in [0.3, 0.4) is 0 Å². The number of hydrogen-bond acceptors (Lipinski definition) is 5. The molecule has 0 bridgehead atoms. The van der Waals surface area contributed by atoms with Gasteiger partial charge in [-0.3, -0.25) is 4.79 Å². The normalized spacial score (nSPS) is 11.4. The second kappa shape index (κ2) is 10.1. The second-order valence-electron chi connectivity index (χ2n) is 6.27. The molecule has 2 aromatic carbocycles. The van der Waals surface area contributed by atoms with E-state index >= 15 is 0 Å². The summed E-state index contributed by atoms with van der Waals surface area (Å²) >= 11 is 12.1. The second-order valence-corrected chi connectivity index (χ2v) is 7.12. The highest BCUT2D eigenvalue weighted by Crippen LogP contribution is 2.23. The number of carbonyl (C=O) groups excluding carboxylic acids is 2. The van der Waals surface area contributed by atoms with E-state index in [1.807, 2.05) is 18.2 Å². The molecule has 0 saturated heterocycles. The highest BCUT2D eigenvalue weighted by molar-refractivity contribution is 6.31. The van der Waals surface area contributed by atoms with Gasteiger partial charge in [-0.25, -0.2) is 9.78 Å². The zero-order chi connectivity index (χ0) is 21.5. The van der Waals surface area contributed by atoms with Crippen molar-refractivity contribution in [2.75, 3.05) is 0 Å². The first-order chi connectivity index (χ1) is 14.4. The van der Waals surface area contributed by atoms with Gasteiger partial charge in [0.2, 0.25) is 5.88 Å². The predicted octanol–water partition coefficient (Wildman–Crippen LogP) is 4.90. The largest absolute Gasteiger partial charge is 0.472 e. The van der Waals surface area contributed by atoms with Gasteiger partial charge < -0.3 is 14.8 Å². The van der Waals surface area contributed by atoms with Crippen molar-refractivity contribution in [3.05, 3.63) is 93.6 Å². The summed E-state index contributed by atoms with van der Waals surface area (Å²) in [6.07, 6.45) is 0.486. The number of ether oxygens (including phenoxy) is 2. The van der Waals surface area contributed by atoms with Crippen molar-refractivity contribution in [3.63, 3.8) is 0 Å². The van der Waals surface area contributed by atoms with Crippen molar-refractivity contribution in [2.24, 2.45) is 0 Å². The molecule has 0 fully saturated rings. The SMILES string of the molecule is C[C@@H](NC(=O)c1cc(Cl)cnc1OCc1ccccc1Cl)OC(=O)c1ccccc1. The van der Waals surface area contributed by atoms with Gasteiger partial charge in [0.1, 0.15) is 12.2 Å². The summed E-state index contributed by atoms with van der Waals surface area (Å²) in [7, 11) is 0. The Labute approximate surface area is 183 Å². The third-order valence-corrected chi connectivity index (χ3v) is 4.59. The first kappa shape index (κ1) is 21.6. The highest BCUT2D eigenvalue weighted by atomic mass is 35.5. The summed E-state index contributed by atoms with van der Waals surface area (Å²) in [6, 6.07) is 17.1. The highest BCUT2D eigenvalue weighted by Gasteiger charge is 2.19. The fourth-order valence-electron chi connectivity index (χ4n) is 2.56. The molecule has 0 aliphatic heterocycles. The van der Waals surface area contributed by atoms with Crippen LogP contribution < -0.4 is 10.1 Å². The number of aromatic nitrogens is 1. The monoisotopic (exact) mass is 444 g/mol. The van der Waals surface area contributed by atoms with Gasteiger partial charge in [-0.15, -0.1) is 0 Å². The minimum atomic E-state index is -0.888. The number of amides is 1. The predicted molar refractivity (Wildman–Crippen MR) is 114 cm³/mol. The average molecular weight is 445 g/mol. The number of halogens is 2. The molecule has 6 nitrogen and oxygen atoms in total. The van der Waals surface area contributed by atoms with Gasteiger partial charge in [0.05, 0.1) is 10.6 Å². The molecule has 8 heteroatoms. The fourth-order valence-corrected chi connectivity index (χ4v) is 2.91. The summed E-state index contributed by atoms with van der Waals surface area (Å²) in [4.78, 5) is 29.0. The minimum Gasteiger partial charge on any atom is -0.472 e. The molecule has 1 amide bonds. The van der Waals surface area contributed by atoms with E-state index in [2.05, 4.69) is 10.3 Å². The van der Waals surface area contributed by atoms with Crippen LogP contribution in [-0.4, -0.2) is 23.1 Å². The van der Waals surface area contributed by atoms with E-state index < -0.39 is 18.1 Å². The quantitative estimate of drug-likeness (QED) is 0.414. The van der Waals surface area contributed by atoms with Gasteiger partial charge in [-0.2, -0.15) is 0 Å². The molecule has 0 aliphatic carbocycles. The standard InChI is InChI=1S/C22H18Cl2N2O4/c1-14(30-22(28)15-7-3-2-4-8-15)26-20(27)18-11-17(23)12-25-21(18)29-13-16-9-5-6-10-19(16)24/h2-12,14H,13H2,1H3,(H,26,27)/t14-/m0/s1. The summed E-state index contributed by atoms with van der Waals surface area (Å²) in [5.41, 5.74) is 1.23. The molecule has 1 aromatic heterocycles. The van der Waals surface area contributed by atoms with Crippen molar-refractivity contribution in [1.82, 2.24) is 10.3 Å². The molecule has 3 rings (SSSR count). The third-order valence-electron chi connectivity index (χ3n) is 4.01. The lowest BCUT2D eigenvalue weighted by Gasteiger charge is -2.16. The average Bonchev–Trinajstić information content (AvgIpc) is 2.74. The molecule has 1 N–H and O–H groups in total. The van der Waals surface area contributed by atoms with Crippen LogP contribution in [0.1, 0.15) is 33.2 Å². The number of pyridine rings is 1. The molecule has 3 aromatic rings. The number of hydrogen-bond donors (Lipinski definition) is 1. The maximum absolute atomic E-state index is 12.7. The van der Waals surface area contributed by atoms with Gasteiger partial charge in [0.25, 0.3) is 5.91 Å². The van der Waals surface area contributed by atoms with Crippen molar-refractivity contribution in [3.8, 4) is 5.88 Å². The molecule has 0 aliphatic rings. The first-order valence-corrected chi connectivity index (χ1v) is 9.78. The molecule has 0 saturated carbocycles. The molecular formula is C22H18Cl2N2O4. The molecule has 1 heterocycles. The number of rotatable bonds is 7. The molecule has 0 spiro atoms. The summed E-state index contributed by atoms with van der Waals surface area (Å²) in [5.74, 6) is -1.02. The Morgan fingerprint density at radius 1 is 1.07 bits per heavy atom. The van der Waals surface area contributed by atoms with Crippen LogP contribution in [0, 0.1) is 0 Å². The topological polar surface area (TPSA) is 77.5 Å². The lowest BCUT2D eigenvalue weighted by molar-refractivity contribution is 0.0264. The maximum Gasteiger partial charge on any atom is 0.340 e. The molecule has 1 atom stereocenters. The van der Waals surface area contributed by atoms with Crippen LogP contribution in [-0.2, 0) is 11.3 Å². The van der Waals surface area contributed by atoms with Gasteiger partial charge in [-0.1, -0.05) is 59.6 Å². The summed E-state index contributed by atoms with van der Waals surface area (Å²) in [5, 5.41) is 3.39. The maximum atomic E-state index is 12.7. The van der Waals surface area contributed by atoms with E-state index in [1.165, 1.54) is 12.3 Å². The molecule has 154 valence electrons. The lowest BCUT2D eigenvalue weighted by atomic mass is 10.2. The number of carbonyl (C=O) groups is 2. The Bertz CT molecular complexity index is 1040. The van der Waals surface area contributed by atoms with E-state index in [4.69, 9.17) is 32.7 Å². The van der Waals surface area contributed by atoms with Crippen molar-refractivity contribution < 1.29 is 19.1 Å².